The highest BCUT2D eigenvalue weighted by Crippen LogP contribution is 2.18. The van der Waals surface area contributed by atoms with Crippen molar-refractivity contribution in [2.45, 2.75) is 13.3 Å². The molecule has 0 saturated carbocycles. The van der Waals surface area contributed by atoms with Crippen LogP contribution in [-0.2, 0) is 11.2 Å². The lowest BCUT2D eigenvalue weighted by Crippen LogP contribution is -1.93. The molecule has 0 saturated heterocycles. The van der Waals surface area contributed by atoms with Crippen LogP contribution < -0.4 is 0 Å². The zero-order valence-corrected chi connectivity index (χ0v) is 10.7. The van der Waals surface area contributed by atoms with Gasteiger partial charge in [-0.15, -0.1) is 0 Å². The number of carbonyl (C=O) groups is 1. The van der Waals surface area contributed by atoms with Gasteiger partial charge >= 0.3 is 5.97 Å². The number of pyridine rings is 1. The van der Waals surface area contributed by atoms with Crippen molar-refractivity contribution in [2.24, 2.45) is 0 Å². The van der Waals surface area contributed by atoms with Crippen LogP contribution in [0, 0.1) is 0 Å². The van der Waals surface area contributed by atoms with Crippen LogP contribution in [-0.4, -0.2) is 16.1 Å². The lowest BCUT2D eigenvalue weighted by molar-refractivity contribution is -0.131. The molecule has 0 spiro atoms. The molecule has 0 fully saturated rings. The summed E-state index contributed by atoms with van der Waals surface area (Å²) in [4.78, 5) is 14.8. The van der Waals surface area contributed by atoms with Crippen molar-refractivity contribution in [1.82, 2.24) is 4.98 Å². The fraction of sp³-hybridized carbons (Fsp3) is 0.125. The summed E-state index contributed by atoms with van der Waals surface area (Å²) in [6, 6.07) is 13.8. The van der Waals surface area contributed by atoms with Crippen molar-refractivity contribution in [3.63, 3.8) is 0 Å². The molecule has 3 nitrogen and oxygen atoms in total. The molecule has 0 amide bonds. The maximum absolute atomic E-state index is 10.6. The van der Waals surface area contributed by atoms with Crippen LogP contribution in [0.1, 0.15) is 12.5 Å². The molecule has 0 radical (unpaired) electrons. The summed E-state index contributed by atoms with van der Waals surface area (Å²) in [5, 5.41) is 8.67. The Labute approximate surface area is 112 Å². The fourth-order valence-corrected chi connectivity index (χ4v) is 1.91. The Morgan fingerprint density at radius 3 is 2.53 bits per heavy atom. The topological polar surface area (TPSA) is 50.2 Å². The van der Waals surface area contributed by atoms with Gasteiger partial charge < -0.3 is 5.11 Å². The fourth-order valence-electron chi connectivity index (χ4n) is 1.91. The minimum absolute atomic E-state index is 0.648. The van der Waals surface area contributed by atoms with E-state index in [2.05, 4.69) is 4.98 Å². The van der Waals surface area contributed by atoms with Crippen LogP contribution in [0.15, 0.2) is 60.3 Å². The molecule has 0 unspecified atom stereocenters. The lowest BCUT2D eigenvalue weighted by Gasteiger charge is -2.04. The monoisotopic (exact) mass is 253 g/mol. The van der Waals surface area contributed by atoms with Crippen LogP contribution in [0.4, 0.5) is 0 Å². The van der Waals surface area contributed by atoms with Gasteiger partial charge in [0.15, 0.2) is 0 Å². The van der Waals surface area contributed by atoms with Gasteiger partial charge in [0.2, 0.25) is 0 Å². The molecule has 0 aliphatic rings. The molecule has 19 heavy (non-hydrogen) atoms. The van der Waals surface area contributed by atoms with Crippen molar-refractivity contribution in [1.29, 1.82) is 0 Å². The molecule has 0 atom stereocenters. The normalized spacial score (nSPS) is 11.3. The van der Waals surface area contributed by atoms with Gasteiger partial charge in [0.25, 0.3) is 0 Å². The number of rotatable bonds is 4. The molecule has 1 aromatic carbocycles. The predicted molar refractivity (Wildman–Crippen MR) is 74.8 cm³/mol. The zero-order valence-electron chi connectivity index (χ0n) is 10.7. The largest absolute Gasteiger partial charge is 0.478 e. The Morgan fingerprint density at radius 1 is 1.21 bits per heavy atom. The van der Waals surface area contributed by atoms with Crippen molar-refractivity contribution < 1.29 is 9.90 Å². The van der Waals surface area contributed by atoms with Gasteiger partial charge in [0, 0.05) is 17.8 Å². The number of carboxylic acids is 1. The molecular weight excluding hydrogens is 238 g/mol. The Balaban J connectivity index is 2.13. The number of nitrogens with zero attached hydrogens (tertiary/aromatic N) is 1. The first-order chi connectivity index (χ1) is 9.15. The van der Waals surface area contributed by atoms with E-state index in [0.717, 1.165) is 22.4 Å². The highest BCUT2D eigenvalue weighted by atomic mass is 16.4. The number of aromatic nitrogens is 1. The van der Waals surface area contributed by atoms with E-state index in [9.17, 15) is 4.79 Å². The minimum atomic E-state index is -0.900. The molecule has 2 aromatic rings. The molecule has 1 N–H and O–H groups in total. The molecule has 0 aliphatic carbocycles. The van der Waals surface area contributed by atoms with Crippen LogP contribution in [0.5, 0.6) is 0 Å². The van der Waals surface area contributed by atoms with Gasteiger partial charge in [0.1, 0.15) is 0 Å². The summed E-state index contributed by atoms with van der Waals surface area (Å²) in [6.45, 7) is 1.82. The maximum atomic E-state index is 10.6. The van der Waals surface area contributed by atoms with Gasteiger partial charge in [-0.3, -0.25) is 4.98 Å². The highest BCUT2D eigenvalue weighted by Gasteiger charge is 2.00. The number of benzene rings is 1. The van der Waals surface area contributed by atoms with E-state index in [4.69, 9.17) is 5.11 Å². The van der Waals surface area contributed by atoms with Crippen LogP contribution >= 0.6 is 0 Å². The van der Waals surface area contributed by atoms with E-state index < -0.39 is 5.97 Å². The number of carboxylic acid groups (broad SMARTS) is 1. The lowest BCUT2D eigenvalue weighted by atomic mass is 10.0. The molecular formula is C16H15NO2. The minimum Gasteiger partial charge on any atom is -0.478 e. The second-order valence-corrected chi connectivity index (χ2v) is 4.42. The first-order valence-electron chi connectivity index (χ1n) is 6.05. The van der Waals surface area contributed by atoms with Crippen molar-refractivity contribution in [3.8, 4) is 11.3 Å². The van der Waals surface area contributed by atoms with E-state index in [1.807, 2.05) is 49.4 Å². The van der Waals surface area contributed by atoms with Crippen LogP contribution in [0.3, 0.4) is 0 Å². The highest BCUT2D eigenvalue weighted by molar-refractivity contribution is 5.80. The van der Waals surface area contributed by atoms with E-state index in [1.54, 1.807) is 6.20 Å². The Kier molecular flexibility index (Phi) is 4.08. The predicted octanol–water partition coefficient (Wildman–Crippen LogP) is 3.32. The Bertz CT molecular complexity index is 586. The molecule has 0 aliphatic heterocycles. The van der Waals surface area contributed by atoms with Gasteiger partial charge in [-0.2, -0.15) is 0 Å². The standard InChI is InChI=1S/C16H15NO2/c1-12(11-16(18)19)10-13-5-7-14(8-6-13)15-4-2-3-9-17-15/h2-9,11H,10H2,1H3,(H,18,19)/b12-11+. The smallest absolute Gasteiger partial charge is 0.328 e. The maximum Gasteiger partial charge on any atom is 0.328 e. The Hall–Kier alpha value is -2.42. The van der Waals surface area contributed by atoms with Crippen molar-refractivity contribution in [3.05, 3.63) is 65.9 Å². The average Bonchev–Trinajstić information content (AvgIpc) is 2.39. The third-order valence-electron chi connectivity index (χ3n) is 2.77. The zero-order chi connectivity index (χ0) is 13.7. The van der Waals surface area contributed by atoms with Gasteiger partial charge in [-0.1, -0.05) is 35.9 Å². The first-order valence-corrected chi connectivity index (χ1v) is 6.05. The van der Waals surface area contributed by atoms with Crippen molar-refractivity contribution in [2.75, 3.05) is 0 Å². The average molecular weight is 253 g/mol. The number of allylic oxidation sites excluding steroid dienone is 1. The summed E-state index contributed by atoms with van der Waals surface area (Å²) in [6.07, 6.45) is 3.66. The van der Waals surface area contributed by atoms with Gasteiger partial charge in [-0.25, -0.2) is 4.79 Å². The summed E-state index contributed by atoms with van der Waals surface area (Å²) in [5.41, 5.74) is 3.92. The summed E-state index contributed by atoms with van der Waals surface area (Å²) in [5.74, 6) is -0.900. The summed E-state index contributed by atoms with van der Waals surface area (Å²) >= 11 is 0. The molecule has 0 bridgehead atoms. The number of hydrogen-bond donors (Lipinski definition) is 1. The third kappa shape index (κ3) is 3.78. The molecule has 3 heteroatoms. The first kappa shape index (κ1) is 13.0. The van der Waals surface area contributed by atoms with E-state index >= 15 is 0 Å². The summed E-state index contributed by atoms with van der Waals surface area (Å²) in [7, 11) is 0. The SMILES string of the molecule is C/C(=C\C(=O)O)Cc1ccc(-c2ccccn2)cc1. The quantitative estimate of drug-likeness (QED) is 0.850. The molecule has 1 aromatic heterocycles. The van der Waals surface area contributed by atoms with E-state index in [1.165, 1.54) is 6.08 Å². The second-order valence-electron chi connectivity index (χ2n) is 4.42. The van der Waals surface area contributed by atoms with Crippen LogP contribution in [0.2, 0.25) is 0 Å². The molecule has 1 heterocycles. The van der Waals surface area contributed by atoms with Crippen LogP contribution in [0.25, 0.3) is 11.3 Å². The Morgan fingerprint density at radius 2 is 1.95 bits per heavy atom. The number of aliphatic carboxylic acids is 1. The van der Waals surface area contributed by atoms with E-state index in [0.29, 0.717) is 6.42 Å². The molecule has 2 rings (SSSR count). The summed E-state index contributed by atoms with van der Waals surface area (Å²) < 4.78 is 0. The second kappa shape index (κ2) is 5.96. The van der Waals surface area contributed by atoms with Crippen molar-refractivity contribution >= 4 is 5.97 Å². The van der Waals surface area contributed by atoms with Gasteiger partial charge in [0.05, 0.1) is 5.69 Å². The van der Waals surface area contributed by atoms with E-state index in [-0.39, 0.29) is 0 Å². The van der Waals surface area contributed by atoms with Gasteiger partial charge in [-0.05, 0) is 31.0 Å². The number of hydrogen-bond acceptors (Lipinski definition) is 2. The third-order valence-corrected chi connectivity index (χ3v) is 2.77. The molecule has 96 valence electrons.